The number of benzene rings is 1. The van der Waals surface area contributed by atoms with Gasteiger partial charge in [0.1, 0.15) is 21.9 Å². The Balaban J connectivity index is 2.29. The second kappa shape index (κ2) is 4.94. The highest BCUT2D eigenvalue weighted by Crippen LogP contribution is 2.28. The van der Waals surface area contributed by atoms with E-state index < -0.39 is 11.4 Å². The van der Waals surface area contributed by atoms with Crippen molar-refractivity contribution in [1.82, 2.24) is 0 Å². The van der Waals surface area contributed by atoms with Crippen LogP contribution in [0.1, 0.15) is 38.3 Å². The van der Waals surface area contributed by atoms with Crippen molar-refractivity contribution in [3.8, 4) is 5.75 Å². The fourth-order valence-electron chi connectivity index (χ4n) is 1.90. The monoisotopic (exact) mass is 265 g/mol. The molecule has 0 aromatic heterocycles. The fourth-order valence-corrected chi connectivity index (χ4v) is 2.57. The zero-order chi connectivity index (χ0) is 13.3. The molecule has 0 saturated carbocycles. The molecule has 0 fully saturated rings. The van der Waals surface area contributed by atoms with E-state index in [0.717, 1.165) is 29.9 Å². The number of hydrogen-bond acceptors (Lipinski definition) is 3. The summed E-state index contributed by atoms with van der Waals surface area (Å²) in [6, 6.07) is 5.98. The molecule has 0 unspecified atom stereocenters. The van der Waals surface area contributed by atoms with E-state index in [1.165, 1.54) is 5.56 Å². The van der Waals surface area contributed by atoms with Gasteiger partial charge in [-0.3, -0.25) is 0 Å². The Morgan fingerprint density at radius 2 is 2.00 bits per heavy atom. The quantitative estimate of drug-likeness (QED) is 0.772. The van der Waals surface area contributed by atoms with Crippen molar-refractivity contribution < 1.29 is 9.29 Å². The summed E-state index contributed by atoms with van der Waals surface area (Å²) in [6.07, 6.45) is 1.82. The van der Waals surface area contributed by atoms with Crippen LogP contribution >= 0.6 is 0 Å². The Morgan fingerprint density at radius 3 is 2.61 bits per heavy atom. The highest BCUT2D eigenvalue weighted by Gasteiger charge is 2.29. The average molecular weight is 265 g/mol. The van der Waals surface area contributed by atoms with Crippen molar-refractivity contribution in [2.75, 3.05) is 7.11 Å². The van der Waals surface area contributed by atoms with E-state index in [4.69, 9.17) is 4.74 Å². The third kappa shape index (κ3) is 2.70. The first-order chi connectivity index (χ1) is 8.41. The molecule has 1 aliphatic rings. The van der Waals surface area contributed by atoms with E-state index in [1.54, 1.807) is 7.11 Å². The van der Waals surface area contributed by atoms with Crippen LogP contribution in [0.3, 0.4) is 0 Å². The zero-order valence-corrected chi connectivity index (χ0v) is 12.1. The van der Waals surface area contributed by atoms with Gasteiger partial charge in [0.05, 0.1) is 12.8 Å². The number of nitrogens with zero attached hydrogens (tertiary/aromatic N) is 1. The summed E-state index contributed by atoms with van der Waals surface area (Å²) < 4.78 is 21.4. The van der Waals surface area contributed by atoms with Gasteiger partial charge in [-0.05, 0) is 57.4 Å². The molecule has 0 heterocycles. The van der Waals surface area contributed by atoms with Crippen molar-refractivity contribution in [2.45, 2.75) is 38.4 Å². The first-order valence-corrected chi connectivity index (χ1v) is 7.19. The standard InChI is InChI=1S/C14H19NO2S/c1-14(2,3)18(16)15-13-8-5-10-9-11(17-4)6-7-12(10)13/h6-7,9H,5,8H2,1-4H3/t18-/m0/s1. The molecule has 1 aromatic carbocycles. The van der Waals surface area contributed by atoms with Crippen LogP contribution in [0.4, 0.5) is 0 Å². The largest absolute Gasteiger partial charge is 0.591 e. The molecule has 0 aliphatic heterocycles. The maximum atomic E-state index is 12.1. The summed E-state index contributed by atoms with van der Waals surface area (Å²) in [4.78, 5) is 0. The van der Waals surface area contributed by atoms with Crippen LogP contribution in [0.5, 0.6) is 5.75 Å². The van der Waals surface area contributed by atoms with E-state index >= 15 is 0 Å². The molecule has 0 saturated heterocycles. The van der Waals surface area contributed by atoms with Crippen LogP contribution in [0, 0.1) is 0 Å². The van der Waals surface area contributed by atoms with Gasteiger partial charge in [-0.15, -0.1) is 0 Å². The maximum Gasteiger partial charge on any atom is 0.144 e. The molecular weight excluding hydrogens is 246 g/mol. The number of ether oxygens (including phenoxy) is 1. The van der Waals surface area contributed by atoms with Gasteiger partial charge in [-0.1, -0.05) is 4.40 Å². The van der Waals surface area contributed by atoms with E-state index in [-0.39, 0.29) is 4.75 Å². The molecule has 2 rings (SSSR count). The van der Waals surface area contributed by atoms with Crippen molar-refractivity contribution in [3.05, 3.63) is 29.3 Å². The predicted molar refractivity (Wildman–Crippen MR) is 75.7 cm³/mol. The van der Waals surface area contributed by atoms with Gasteiger partial charge >= 0.3 is 0 Å². The fraction of sp³-hybridized carbons (Fsp3) is 0.500. The second-order valence-electron chi connectivity index (χ2n) is 5.42. The van der Waals surface area contributed by atoms with Crippen LogP contribution in [-0.4, -0.2) is 22.1 Å². The Kier molecular flexibility index (Phi) is 3.69. The third-order valence-electron chi connectivity index (χ3n) is 2.97. The second-order valence-corrected chi connectivity index (χ2v) is 7.33. The highest BCUT2D eigenvalue weighted by atomic mass is 32.2. The lowest BCUT2D eigenvalue weighted by molar-refractivity contribution is 0.414. The zero-order valence-electron chi connectivity index (χ0n) is 11.3. The van der Waals surface area contributed by atoms with Gasteiger partial charge in [0.15, 0.2) is 0 Å². The normalized spacial score (nSPS) is 18.8. The summed E-state index contributed by atoms with van der Waals surface area (Å²) in [5.74, 6) is 0.868. The van der Waals surface area contributed by atoms with Gasteiger partial charge in [0.2, 0.25) is 0 Å². The summed E-state index contributed by atoms with van der Waals surface area (Å²) >= 11 is -1.18. The van der Waals surface area contributed by atoms with Crippen LogP contribution in [0.25, 0.3) is 0 Å². The summed E-state index contributed by atoms with van der Waals surface area (Å²) in [5, 5.41) is 0. The maximum absolute atomic E-state index is 12.1. The number of methoxy groups -OCH3 is 1. The molecule has 3 nitrogen and oxygen atoms in total. The third-order valence-corrected chi connectivity index (χ3v) is 4.41. The van der Waals surface area contributed by atoms with E-state index in [0.29, 0.717) is 0 Å². The van der Waals surface area contributed by atoms with Gasteiger partial charge in [0.25, 0.3) is 0 Å². The molecule has 98 valence electrons. The van der Waals surface area contributed by atoms with Gasteiger partial charge in [-0.25, -0.2) is 0 Å². The summed E-state index contributed by atoms with van der Waals surface area (Å²) in [5.41, 5.74) is 3.31. The minimum absolute atomic E-state index is 0.303. The van der Waals surface area contributed by atoms with Gasteiger partial charge in [0, 0.05) is 5.56 Å². The summed E-state index contributed by atoms with van der Waals surface area (Å²) in [7, 11) is 1.67. The van der Waals surface area contributed by atoms with Crippen LogP contribution in [-0.2, 0) is 17.8 Å². The lowest BCUT2D eigenvalue weighted by atomic mass is 10.1. The molecule has 0 bridgehead atoms. The molecule has 1 aliphatic carbocycles. The Hall–Kier alpha value is -1.00. The SMILES string of the molecule is COc1ccc2c(c1)CCC2=N[S@@+]([O-])C(C)(C)C. The van der Waals surface area contributed by atoms with Crippen LogP contribution in [0.15, 0.2) is 22.6 Å². The van der Waals surface area contributed by atoms with Crippen molar-refractivity contribution in [1.29, 1.82) is 0 Å². The molecule has 0 radical (unpaired) electrons. The van der Waals surface area contributed by atoms with Crippen molar-refractivity contribution in [2.24, 2.45) is 4.40 Å². The first kappa shape index (κ1) is 13.4. The molecule has 1 atom stereocenters. The number of hydrogen-bond donors (Lipinski definition) is 0. The van der Waals surface area contributed by atoms with E-state index in [1.807, 2.05) is 39.0 Å². The van der Waals surface area contributed by atoms with Crippen molar-refractivity contribution >= 4 is 17.1 Å². The Bertz CT molecular complexity index is 477. The Labute approximate surface area is 112 Å². The molecule has 1 aromatic rings. The molecule has 0 spiro atoms. The van der Waals surface area contributed by atoms with Crippen LogP contribution < -0.4 is 4.74 Å². The lowest BCUT2D eigenvalue weighted by Gasteiger charge is -2.18. The number of rotatable bonds is 2. The van der Waals surface area contributed by atoms with Crippen LogP contribution in [0.2, 0.25) is 0 Å². The average Bonchev–Trinajstić information content (AvgIpc) is 2.70. The van der Waals surface area contributed by atoms with Crippen molar-refractivity contribution in [3.63, 3.8) is 0 Å². The van der Waals surface area contributed by atoms with Gasteiger partial charge in [-0.2, -0.15) is 0 Å². The van der Waals surface area contributed by atoms with E-state index in [2.05, 4.69) is 4.40 Å². The number of aryl methyl sites for hydroxylation is 1. The Morgan fingerprint density at radius 1 is 1.28 bits per heavy atom. The minimum atomic E-state index is -1.18. The topological polar surface area (TPSA) is 44.6 Å². The van der Waals surface area contributed by atoms with Gasteiger partial charge < -0.3 is 9.29 Å². The minimum Gasteiger partial charge on any atom is -0.591 e. The van der Waals surface area contributed by atoms with E-state index in [9.17, 15) is 4.55 Å². The first-order valence-electron chi connectivity index (χ1n) is 6.08. The molecule has 4 heteroatoms. The predicted octanol–water partition coefficient (Wildman–Crippen LogP) is 2.89. The molecule has 0 amide bonds. The molecular formula is C14H19NO2S. The lowest BCUT2D eigenvalue weighted by Crippen LogP contribution is -2.26. The smallest absolute Gasteiger partial charge is 0.144 e. The number of fused-ring (bicyclic) bond motifs is 1. The highest BCUT2D eigenvalue weighted by molar-refractivity contribution is 7.91. The summed E-state index contributed by atoms with van der Waals surface area (Å²) in [6.45, 7) is 5.82. The molecule has 0 N–H and O–H groups in total. The molecule has 18 heavy (non-hydrogen) atoms.